The standard InChI is InChI=1S/C17H17N3O4/c1-10-13(15(18)22)9-20(17(24)14(10)16(19)23)8-12-4-2-3-11(7-12)5-6-21/h2-4,6-7,9H,5,8H2,1H3,(H2,18,22)(H2,19,23). The summed E-state index contributed by atoms with van der Waals surface area (Å²) in [6, 6.07) is 7.10. The smallest absolute Gasteiger partial charge is 0.264 e. The number of hydrogen-bond acceptors (Lipinski definition) is 4. The predicted molar refractivity (Wildman–Crippen MR) is 87.8 cm³/mol. The van der Waals surface area contributed by atoms with E-state index >= 15 is 0 Å². The maximum atomic E-state index is 12.5. The fraction of sp³-hybridized carbons (Fsp3) is 0.176. The molecule has 24 heavy (non-hydrogen) atoms. The Balaban J connectivity index is 2.56. The van der Waals surface area contributed by atoms with Gasteiger partial charge in [-0.3, -0.25) is 14.4 Å². The van der Waals surface area contributed by atoms with Gasteiger partial charge in [0.1, 0.15) is 11.8 Å². The second kappa shape index (κ2) is 6.91. The number of benzene rings is 1. The van der Waals surface area contributed by atoms with Crippen LogP contribution in [0.25, 0.3) is 0 Å². The number of primary amides is 2. The second-order valence-corrected chi connectivity index (χ2v) is 5.40. The monoisotopic (exact) mass is 327 g/mol. The second-order valence-electron chi connectivity index (χ2n) is 5.40. The van der Waals surface area contributed by atoms with Crippen LogP contribution in [-0.2, 0) is 17.8 Å². The molecule has 0 aliphatic carbocycles. The number of aromatic nitrogens is 1. The molecule has 0 saturated carbocycles. The Labute approximate surface area is 137 Å². The Morgan fingerprint density at radius 1 is 1.17 bits per heavy atom. The SMILES string of the molecule is Cc1c(C(N)=O)cn(Cc2cccc(CC=O)c2)c(=O)c1C(N)=O. The molecule has 7 heteroatoms. The molecular weight excluding hydrogens is 310 g/mol. The van der Waals surface area contributed by atoms with Crippen molar-refractivity contribution in [1.29, 1.82) is 0 Å². The fourth-order valence-corrected chi connectivity index (χ4v) is 2.55. The van der Waals surface area contributed by atoms with E-state index < -0.39 is 17.4 Å². The molecule has 0 unspecified atom stereocenters. The highest BCUT2D eigenvalue weighted by Gasteiger charge is 2.19. The number of amides is 2. The average Bonchev–Trinajstić information content (AvgIpc) is 2.50. The molecule has 2 aromatic rings. The predicted octanol–water partition coefficient (Wildman–Crippen LogP) is 0.144. The minimum Gasteiger partial charge on any atom is -0.366 e. The summed E-state index contributed by atoms with van der Waals surface area (Å²) in [6.45, 7) is 1.57. The van der Waals surface area contributed by atoms with Crippen LogP contribution in [0.15, 0.2) is 35.3 Å². The summed E-state index contributed by atoms with van der Waals surface area (Å²) in [5, 5.41) is 0. The molecule has 1 aromatic heterocycles. The lowest BCUT2D eigenvalue weighted by Crippen LogP contribution is -2.33. The molecule has 0 aliphatic heterocycles. The third kappa shape index (κ3) is 3.40. The zero-order valence-corrected chi connectivity index (χ0v) is 13.1. The minimum atomic E-state index is -0.913. The van der Waals surface area contributed by atoms with Crippen molar-refractivity contribution in [2.45, 2.75) is 19.9 Å². The first-order valence-corrected chi connectivity index (χ1v) is 7.20. The van der Waals surface area contributed by atoms with Crippen LogP contribution in [0, 0.1) is 6.92 Å². The molecular formula is C17H17N3O4. The van der Waals surface area contributed by atoms with Crippen molar-refractivity contribution in [3.63, 3.8) is 0 Å². The van der Waals surface area contributed by atoms with E-state index in [9.17, 15) is 19.2 Å². The number of nitrogens with zero attached hydrogens (tertiary/aromatic N) is 1. The number of rotatable bonds is 6. The average molecular weight is 327 g/mol. The first-order chi connectivity index (χ1) is 11.3. The maximum Gasteiger partial charge on any atom is 0.264 e. The van der Waals surface area contributed by atoms with Crippen LogP contribution in [0.3, 0.4) is 0 Å². The third-order valence-electron chi connectivity index (χ3n) is 3.71. The lowest BCUT2D eigenvalue weighted by molar-refractivity contribution is -0.107. The molecule has 0 spiro atoms. The first-order valence-electron chi connectivity index (χ1n) is 7.20. The molecule has 124 valence electrons. The molecule has 7 nitrogen and oxygen atoms in total. The van der Waals surface area contributed by atoms with Crippen LogP contribution in [0.2, 0.25) is 0 Å². The Bertz CT molecular complexity index is 884. The van der Waals surface area contributed by atoms with E-state index in [4.69, 9.17) is 11.5 Å². The van der Waals surface area contributed by atoms with Gasteiger partial charge in [0.15, 0.2) is 0 Å². The molecule has 0 saturated heterocycles. The van der Waals surface area contributed by atoms with Crippen LogP contribution >= 0.6 is 0 Å². The molecule has 4 N–H and O–H groups in total. The van der Waals surface area contributed by atoms with E-state index in [2.05, 4.69) is 0 Å². The van der Waals surface area contributed by atoms with Crippen molar-refractivity contribution < 1.29 is 14.4 Å². The molecule has 1 heterocycles. The van der Waals surface area contributed by atoms with E-state index in [0.29, 0.717) is 0 Å². The summed E-state index contributed by atoms with van der Waals surface area (Å²) in [7, 11) is 0. The Morgan fingerprint density at radius 3 is 2.42 bits per heavy atom. The molecule has 0 radical (unpaired) electrons. The van der Waals surface area contributed by atoms with E-state index in [1.54, 1.807) is 24.3 Å². The van der Waals surface area contributed by atoms with Gasteiger partial charge < -0.3 is 20.8 Å². The third-order valence-corrected chi connectivity index (χ3v) is 3.71. The van der Waals surface area contributed by atoms with Gasteiger partial charge in [-0.2, -0.15) is 0 Å². The van der Waals surface area contributed by atoms with Crippen molar-refractivity contribution in [3.05, 3.63) is 68.6 Å². The molecule has 2 amide bonds. The van der Waals surface area contributed by atoms with E-state index in [-0.39, 0.29) is 29.7 Å². The number of carbonyl (C=O) groups is 3. The highest BCUT2D eigenvalue weighted by molar-refractivity contribution is 6.00. The number of nitrogens with two attached hydrogens (primary N) is 2. The topological polar surface area (TPSA) is 125 Å². The molecule has 1 aromatic carbocycles. The highest BCUT2D eigenvalue weighted by atomic mass is 16.2. The zero-order chi connectivity index (χ0) is 17.9. The van der Waals surface area contributed by atoms with Gasteiger partial charge in [0.2, 0.25) is 5.91 Å². The lowest BCUT2D eigenvalue weighted by atomic mass is 10.0. The van der Waals surface area contributed by atoms with Gasteiger partial charge >= 0.3 is 0 Å². The Morgan fingerprint density at radius 2 is 1.83 bits per heavy atom. The van der Waals surface area contributed by atoms with Gasteiger partial charge in [0, 0.05) is 12.6 Å². The van der Waals surface area contributed by atoms with Crippen molar-refractivity contribution in [3.8, 4) is 0 Å². The van der Waals surface area contributed by atoms with Crippen LogP contribution in [0.5, 0.6) is 0 Å². The van der Waals surface area contributed by atoms with Crippen LogP contribution < -0.4 is 17.0 Å². The maximum absolute atomic E-state index is 12.5. The molecule has 2 rings (SSSR count). The van der Waals surface area contributed by atoms with Gasteiger partial charge in [-0.1, -0.05) is 24.3 Å². The molecule has 0 aliphatic rings. The number of pyridine rings is 1. The van der Waals surface area contributed by atoms with Crippen molar-refractivity contribution in [1.82, 2.24) is 4.57 Å². The zero-order valence-electron chi connectivity index (χ0n) is 13.1. The fourth-order valence-electron chi connectivity index (χ4n) is 2.55. The van der Waals surface area contributed by atoms with Crippen molar-refractivity contribution >= 4 is 18.1 Å². The van der Waals surface area contributed by atoms with E-state index in [0.717, 1.165) is 17.4 Å². The summed E-state index contributed by atoms with van der Waals surface area (Å²) in [4.78, 5) is 46.2. The molecule has 0 bridgehead atoms. The summed E-state index contributed by atoms with van der Waals surface area (Å²) < 4.78 is 1.22. The highest BCUT2D eigenvalue weighted by Crippen LogP contribution is 2.12. The van der Waals surface area contributed by atoms with Crippen LogP contribution in [0.1, 0.15) is 37.4 Å². The van der Waals surface area contributed by atoms with Gasteiger partial charge in [-0.15, -0.1) is 0 Å². The van der Waals surface area contributed by atoms with Crippen molar-refractivity contribution in [2.24, 2.45) is 11.5 Å². The molecule has 0 atom stereocenters. The Kier molecular flexibility index (Phi) is 4.93. The normalized spacial score (nSPS) is 10.4. The number of hydrogen-bond donors (Lipinski definition) is 2. The van der Waals surface area contributed by atoms with E-state index in [1.165, 1.54) is 17.7 Å². The van der Waals surface area contributed by atoms with Crippen LogP contribution in [-0.4, -0.2) is 22.7 Å². The largest absolute Gasteiger partial charge is 0.366 e. The lowest BCUT2D eigenvalue weighted by Gasteiger charge is -2.13. The van der Waals surface area contributed by atoms with Crippen molar-refractivity contribution in [2.75, 3.05) is 0 Å². The number of carbonyl (C=O) groups excluding carboxylic acids is 3. The van der Waals surface area contributed by atoms with Gasteiger partial charge in [0.05, 0.1) is 12.1 Å². The number of aldehydes is 1. The summed E-state index contributed by atoms with van der Waals surface area (Å²) in [6.07, 6.45) is 2.36. The van der Waals surface area contributed by atoms with E-state index in [1.807, 2.05) is 0 Å². The minimum absolute atomic E-state index is 0.0625. The summed E-state index contributed by atoms with van der Waals surface area (Å²) in [5.74, 6) is -1.66. The quantitative estimate of drug-likeness (QED) is 0.732. The summed E-state index contributed by atoms with van der Waals surface area (Å²) in [5.41, 5.74) is 11.5. The first kappa shape index (κ1) is 17.1. The van der Waals surface area contributed by atoms with Gasteiger partial charge in [-0.05, 0) is 23.6 Å². The van der Waals surface area contributed by atoms with Crippen LogP contribution in [0.4, 0.5) is 0 Å². The summed E-state index contributed by atoms with van der Waals surface area (Å²) >= 11 is 0. The Hall–Kier alpha value is -3.22. The molecule has 0 fully saturated rings. The van der Waals surface area contributed by atoms with Gasteiger partial charge in [0.25, 0.3) is 11.5 Å². The van der Waals surface area contributed by atoms with Gasteiger partial charge in [-0.25, -0.2) is 0 Å².